The molecule has 0 atom stereocenters. The molecule has 5 rings (SSSR count). The van der Waals surface area contributed by atoms with E-state index in [4.69, 9.17) is 20.9 Å². The van der Waals surface area contributed by atoms with Crippen molar-refractivity contribution in [2.24, 2.45) is 0 Å². The fourth-order valence-electron chi connectivity index (χ4n) is 3.22. The molecule has 0 spiro atoms. The number of imide groups is 1. The Hall–Kier alpha value is -3.82. The van der Waals surface area contributed by atoms with Crippen molar-refractivity contribution >= 4 is 46.4 Å². The summed E-state index contributed by atoms with van der Waals surface area (Å²) in [7, 11) is 0. The highest BCUT2D eigenvalue weighted by Gasteiger charge is 2.37. The number of carbonyl (C=O) groups excluding carboxylic acids is 3. The molecule has 0 aliphatic carbocycles. The minimum absolute atomic E-state index is 0.124. The maximum atomic E-state index is 12.9. The summed E-state index contributed by atoms with van der Waals surface area (Å²) < 4.78 is 10.4. The normalized spacial score (nSPS) is 12.8. The topological polar surface area (TPSA) is 103 Å². The van der Waals surface area contributed by atoms with Crippen molar-refractivity contribution in [3.8, 4) is 11.5 Å². The Labute approximate surface area is 190 Å². The molecule has 0 saturated heterocycles. The number of hydrogen-bond donors (Lipinski definition) is 0. The van der Waals surface area contributed by atoms with E-state index < -0.39 is 17.8 Å². The lowest BCUT2D eigenvalue weighted by molar-refractivity contribution is 0.0459. The lowest BCUT2D eigenvalue weighted by atomic mass is 10.1. The van der Waals surface area contributed by atoms with Gasteiger partial charge in [0.25, 0.3) is 17.7 Å². The molecule has 0 N–H and O–H groups in total. The molecule has 2 aromatic heterocycles. The van der Waals surface area contributed by atoms with E-state index in [1.165, 1.54) is 29.5 Å². The second-order valence-corrected chi connectivity index (χ2v) is 8.00. The number of carbonyl (C=O) groups is 3. The SMILES string of the molecule is O=C(OCc1noc(-c2ccsc2)n1)c1ccc2c(c1)C(=O)N(c1ccc(Cl)cc1)C2=O. The van der Waals surface area contributed by atoms with Crippen molar-refractivity contribution in [1.29, 1.82) is 0 Å². The van der Waals surface area contributed by atoms with Gasteiger partial charge in [-0.15, -0.1) is 0 Å². The summed E-state index contributed by atoms with van der Waals surface area (Å²) in [5.41, 5.74) is 1.64. The van der Waals surface area contributed by atoms with Crippen LogP contribution in [0.25, 0.3) is 11.5 Å². The third kappa shape index (κ3) is 3.57. The molecule has 2 amide bonds. The highest BCUT2D eigenvalue weighted by molar-refractivity contribution is 7.08. The standard InChI is InChI=1S/C22H12ClN3O5S/c23-14-2-4-15(5-3-14)26-20(27)16-6-1-12(9-17(16)21(26)28)22(29)30-10-18-24-19(31-25-18)13-7-8-32-11-13/h1-9,11H,10H2. The maximum Gasteiger partial charge on any atom is 0.338 e. The number of thiophene rings is 1. The summed E-state index contributed by atoms with van der Waals surface area (Å²) >= 11 is 7.38. The van der Waals surface area contributed by atoms with Crippen LogP contribution < -0.4 is 4.90 Å². The molecule has 1 aliphatic heterocycles. The number of fused-ring (bicyclic) bond motifs is 1. The summed E-state index contributed by atoms with van der Waals surface area (Å²) in [6, 6.07) is 12.4. The zero-order valence-corrected chi connectivity index (χ0v) is 17.7. The average molecular weight is 466 g/mol. The lowest BCUT2D eigenvalue weighted by Gasteiger charge is -2.13. The van der Waals surface area contributed by atoms with Gasteiger partial charge in [0.15, 0.2) is 6.61 Å². The highest BCUT2D eigenvalue weighted by Crippen LogP contribution is 2.30. The van der Waals surface area contributed by atoms with Crippen molar-refractivity contribution in [3.63, 3.8) is 0 Å². The van der Waals surface area contributed by atoms with Gasteiger partial charge in [-0.3, -0.25) is 9.59 Å². The molecule has 1 aliphatic rings. The Morgan fingerprint density at radius 1 is 1.06 bits per heavy atom. The van der Waals surface area contributed by atoms with Crippen molar-refractivity contribution in [2.45, 2.75) is 6.61 Å². The summed E-state index contributed by atoms with van der Waals surface area (Å²) in [5, 5.41) is 8.02. The Kier molecular flexibility index (Phi) is 5.04. The first-order valence-corrected chi connectivity index (χ1v) is 10.6. The molecular weight excluding hydrogens is 454 g/mol. The predicted molar refractivity (Wildman–Crippen MR) is 116 cm³/mol. The van der Waals surface area contributed by atoms with E-state index in [0.29, 0.717) is 16.6 Å². The first kappa shape index (κ1) is 20.1. The van der Waals surface area contributed by atoms with Gasteiger partial charge in [-0.05, 0) is 53.9 Å². The zero-order chi connectivity index (χ0) is 22.2. The summed E-state index contributed by atoms with van der Waals surface area (Å²) in [6.45, 7) is -0.201. The Balaban J connectivity index is 1.31. The number of ether oxygens (including phenoxy) is 1. The van der Waals surface area contributed by atoms with Gasteiger partial charge in [0.2, 0.25) is 5.82 Å². The van der Waals surface area contributed by atoms with E-state index >= 15 is 0 Å². The zero-order valence-electron chi connectivity index (χ0n) is 16.1. The van der Waals surface area contributed by atoms with Crippen LogP contribution >= 0.6 is 22.9 Å². The molecule has 158 valence electrons. The molecular formula is C22H12ClN3O5S. The third-order valence-electron chi connectivity index (χ3n) is 4.78. The van der Waals surface area contributed by atoms with Crippen LogP contribution in [0.5, 0.6) is 0 Å². The average Bonchev–Trinajstić information content (AvgIpc) is 3.54. The molecule has 10 heteroatoms. The second kappa shape index (κ2) is 8.03. The van der Waals surface area contributed by atoms with Crippen LogP contribution in [0.3, 0.4) is 0 Å². The Morgan fingerprint density at radius 2 is 1.84 bits per heavy atom. The Bertz CT molecular complexity index is 1350. The van der Waals surface area contributed by atoms with Crippen LogP contribution in [-0.2, 0) is 11.3 Å². The van der Waals surface area contributed by atoms with Crippen LogP contribution in [0.4, 0.5) is 5.69 Å². The fourth-order valence-corrected chi connectivity index (χ4v) is 3.98. The quantitative estimate of drug-likeness (QED) is 0.313. The monoisotopic (exact) mass is 465 g/mol. The minimum Gasteiger partial charge on any atom is -0.454 e. The molecule has 4 aromatic rings. The molecule has 0 bridgehead atoms. The number of nitrogens with zero attached hydrogens (tertiary/aromatic N) is 3. The van der Waals surface area contributed by atoms with Crippen molar-refractivity contribution in [1.82, 2.24) is 10.1 Å². The van der Waals surface area contributed by atoms with Gasteiger partial charge < -0.3 is 9.26 Å². The van der Waals surface area contributed by atoms with Gasteiger partial charge in [-0.25, -0.2) is 9.69 Å². The van der Waals surface area contributed by atoms with Crippen molar-refractivity contribution in [2.75, 3.05) is 4.90 Å². The van der Waals surface area contributed by atoms with Crippen molar-refractivity contribution in [3.05, 3.63) is 86.8 Å². The highest BCUT2D eigenvalue weighted by atomic mass is 35.5. The third-order valence-corrected chi connectivity index (χ3v) is 5.71. The number of amides is 2. The molecule has 0 saturated carbocycles. The Morgan fingerprint density at radius 3 is 2.59 bits per heavy atom. The summed E-state index contributed by atoms with van der Waals surface area (Å²) in [5.74, 6) is -1.14. The molecule has 8 nitrogen and oxygen atoms in total. The van der Waals surface area contributed by atoms with Crippen molar-refractivity contribution < 1.29 is 23.6 Å². The van der Waals surface area contributed by atoms with E-state index in [-0.39, 0.29) is 29.1 Å². The van der Waals surface area contributed by atoms with Crippen LogP contribution in [-0.4, -0.2) is 27.9 Å². The fraction of sp³-hybridized carbons (Fsp3) is 0.0455. The van der Waals surface area contributed by atoms with Crippen LogP contribution in [0.2, 0.25) is 5.02 Å². The molecule has 2 aromatic carbocycles. The molecule has 3 heterocycles. The number of aromatic nitrogens is 2. The van der Waals surface area contributed by atoms with E-state index in [9.17, 15) is 14.4 Å². The molecule has 0 radical (unpaired) electrons. The number of anilines is 1. The largest absolute Gasteiger partial charge is 0.454 e. The number of hydrogen-bond acceptors (Lipinski definition) is 8. The second-order valence-electron chi connectivity index (χ2n) is 6.79. The molecule has 32 heavy (non-hydrogen) atoms. The van der Waals surface area contributed by atoms with E-state index in [2.05, 4.69) is 10.1 Å². The predicted octanol–water partition coefficient (Wildman–Crippen LogP) is 4.61. The van der Waals surface area contributed by atoms with Gasteiger partial charge in [0.1, 0.15) is 0 Å². The summed E-state index contributed by atoms with van der Waals surface area (Å²) in [6.07, 6.45) is 0. The van der Waals surface area contributed by atoms with Gasteiger partial charge in [-0.1, -0.05) is 16.8 Å². The first-order chi connectivity index (χ1) is 15.5. The smallest absolute Gasteiger partial charge is 0.338 e. The van der Waals surface area contributed by atoms with E-state index in [1.54, 1.807) is 24.3 Å². The first-order valence-electron chi connectivity index (χ1n) is 9.32. The minimum atomic E-state index is -0.681. The lowest BCUT2D eigenvalue weighted by Crippen LogP contribution is -2.29. The van der Waals surface area contributed by atoms with E-state index in [1.807, 2.05) is 16.8 Å². The van der Waals surface area contributed by atoms with Gasteiger partial charge >= 0.3 is 5.97 Å². The van der Waals surface area contributed by atoms with Crippen LogP contribution in [0.15, 0.2) is 63.8 Å². The van der Waals surface area contributed by atoms with Crippen LogP contribution in [0.1, 0.15) is 36.9 Å². The summed E-state index contributed by atoms with van der Waals surface area (Å²) in [4.78, 5) is 43.3. The number of rotatable bonds is 5. The van der Waals surface area contributed by atoms with E-state index in [0.717, 1.165) is 10.5 Å². The van der Waals surface area contributed by atoms with Crippen LogP contribution in [0, 0.1) is 0 Å². The van der Waals surface area contributed by atoms with Gasteiger partial charge in [0, 0.05) is 10.4 Å². The number of benzene rings is 2. The maximum absolute atomic E-state index is 12.9. The number of esters is 1. The molecule has 0 fully saturated rings. The molecule has 0 unspecified atom stereocenters. The van der Waals surface area contributed by atoms with Gasteiger partial charge in [-0.2, -0.15) is 16.3 Å². The van der Waals surface area contributed by atoms with Gasteiger partial charge in [0.05, 0.1) is 27.9 Å². The number of halogens is 1.